The number of rotatable bonds is 2. The van der Waals surface area contributed by atoms with Crippen molar-refractivity contribution in [2.24, 2.45) is 0 Å². The van der Waals surface area contributed by atoms with E-state index in [2.05, 4.69) is 9.97 Å². The molecular formula is C8H12N2OS. The van der Waals surface area contributed by atoms with Gasteiger partial charge in [-0.25, -0.2) is 9.97 Å². The molecule has 0 aliphatic rings. The number of aliphatic hydroxyl groups excluding tert-OH is 1. The highest BCUT2D eigenvalue weighted by molar-refractivity contribution is 7.98. The molecule has 12 heavy (non-hydrogen) atoms. The molecule has 0 bridgehead atoms. The average molecular weight is 184 g/mol. The summed E-state index contributed by atoms with van der Waals surface area (Å²) >= 11 is 1.48. The van der Waals surface area contributed by atoms with Gasteiger partial charge in [-0.15, -0.1) is 0 Å². The van der Waals surface area contributed by atoms with Crippen LogP contribution in [0.25, 0.3) is 0 Å². The Bertz CT molecular complexity index is 276. The molecule has 1 aromatic heterocycles. The van der Waals surface area contributed by atoms with Gasteiger partial charge >= 0.3 is 0 Å². The van der Waals surface area contributed by atoms with Crippen LogP contribution >= 0.6 is 11.8 Å². The van der Waals surface area contributed by atoms with Gasteiger partial charge in [0.2, 0.25) is 0 Å². The molecule has 3 nitrogen and oxygen atoms in total. The Morgan fingerprint density at radius 3 is 2.67 bits per heavy atom. The summed E-state index contributed by atoms with van der Waals surface area (Å²) in [7, 11) is 0. The first kappa shape index (κ1) is 9.48. The van der Waals surface area contributed by atoms with Crippen LogP contribution in [0.5, 0.6) is 0 Å². The summed E-state index contributed by atoms with van der Waals surface area (Å²) in [6, 6.07) is 1.80. The summed E-state index contributed by atoms with van der Waals surface area (Å²) in [6.07, 6.45) is 1.40. The maximum atomic E-state index is 9.27. The first-order valence-corrected chi connectivity index (χ1v) is 4.93. The van der Waals surface area contributed by atoms with Gasteiger partial charge in [-0.3, -0.25) is 0 Å². The standard InChI is InChI=1S/C8H12N2OS/c1-5-4-7(6(2)11)10-8(9-5)12-3/h4,6,11H,1-3H3. The number of aliphatic hydroxyl groups is 1. The van der Waals surface area contributed by atoms with Crippen LogP contribution in [0.15, 0.2) is 11.2 Å². The number of aromatic nitrogens is 2. The third kappa shape index (κ3) is 2.19. The molecule has 0 saturated carbocycles. The maximum Gasteiger partial charge on any atom is 0.187 e. The smallest absolute Gasteiger partial charge is 0.187 e. The van der Waals surface area contributed by atoms with E-state index in [9.17, 15) is 5.11 Å². The third-order valence-electron chi connectivity index (χ3n) is 1.46. The highest BCUT2D eigenvalue weighted by Crippen LogP contribution is 2.14. The predicted molar refractivity (Wildman–Crippen MR) is 49.2 cm³/mol. The minimum Gasteiger partial charge on any atom is -0.387 e. The first-order chi connectivity index (χ1) is 5.63. The van der Waals surface area contributed by atoms with Crippen molar-refractivity contribution in [2.45, 2.75) is 25.1 Å². The van der Waals surface area contributed by atoms with Crippen molar-refractivity contribution in [3.05, 3.63) is 17.5 Å². The Hall–Kier alpha value is -0.610. The van der Waals surface area contributed by atoms with Gasteiger partial charge in [-0.2, -0.15) is 0 Å². The van der Waals surface area contributed by atoms with E-state index in [1.165, 1.54) is 11.8 Å². The van der Waals surface area contributed by atoms with Crippen molar-refractivity contribution in [1.29, 1.82) is 0 Å². The Labute approximate surface area is 76.2 Å². The molecule has 0 aliphatic heterocycles. The summed E-state index contributed by atoms with van der Waals surface area (Å²) < 4.78 is 0. The monoisotopic (exact) mass is 184 g/mol. The molecule has 1 N–H and O–H groups in total. The second-order valence-electron chi connectivity index (χ2n) is 2.60. The Morgan fingerprint density at radius 2 is 2.17 bits per heavy atom. The van der Waals surface area contributed by atoms with Crippen LogP contribution in [-0.2, 0) is 0 Å². The van der Waals surface area contributed by atoms with Gasteiger partial charge in [0.1, 0.15) is 0 Å². The van der Waals surface area contributed by atoms with Gasteiger partial charge in [0, 0.05) is 5.69 Å². The zero-order chi connectivity index (χ0) is 9.14. The van der Waals surface area contributed by atoms with Crippen molar-refractivity contribution in [1.82, 2.24) is 9.97 Å². The molecule has 0 amide bonds. The average Bonchev–Trinajstić information content (AvgIpc) is 2.03. The molecule has 1 aromatic rings. The molecule has 1 atom stereocenters. The van der Waals surface area contributed by atoms with Crippen molar-refractivity contribution in [2.75, 3.05) is 6.26 Å². The number of nitrogens with zero attached hydrogens (tertiary/aromatic N) is 2. The van der Waals surface area contributed by atoms with Crippen molar-refractivity contribution >= 4 is 11.8 Å². The number of hydrogen-bond acceptors (Lipinski definition) is 4. The first-order valence-electron chi connectivity index (χ1n) is 3.71. The van der Waals surface area contributed by atoms with Crippen LogP contribution in [0.3, 0.4) is 0 Å². The lowest BCUT2D eigenvalue weighted by Crippen LogP contribution is -1.99. The summed E-state index contributed by atoms with van der Waals surface area (Å²) in [5.41, 5.74) is 1.58. The summed E-state index contributed by atoms with van der Waals surface area (Å²) in [4.78, 5) is 8.33. The van der Waals surface area contributed by atoms with Gasteiger partial charge in [0.25, 0.3) is 0 Å². The predicted octanol–water partition coefficient (Wildman–Crippen LogP) is 1.56. The lowest BCUT2D eigenvalue weighted by molar-refractivity contribution is 0.193. The quantitative estimate of drug-likeness (QED) is 0.559. The lowest BCUT2D eigenvalue weighted by Gasteiger charge is -2.05. The van der Waals surface area contributed by atoms with E-state index in [1.54, 1.807) is 13.0 Å². The third-order valence-corrected chi connectivity index (χ3v) is 2.01. The minimum atomic E-state index is -0.516. The van der Waals surface area contributed by atoms with E-state index >= 15 is 0 Å². The SMILES string of the molecule is CSc1nc(C)cc(C(C)O)n1. The van der Waals surface area contributed by atoms with E-state index in [0.29, 0.717) is 10.9 Å². The zero-order valence-electron chi connectivity index (χ0n) is 7.40. The van der Waals surface area contributed by atoms with E-state index in [4.69, 9.17) is 0 Å². The Balaban J connectivity index is 3.06. The van der Waals surface area contributed by atoms with Crippen molar-refractivity contribution < 1.29 is 5.11 Å². The Kier molecular flexibility index (Phi) is 3.05. The van der Waals surface area contributed by atoms with Crippen LogP contribution in [0.1, 0.15) is 24.4 Å². The van der Waals surface area contributed by atoms with Crippen molar-refractivity contribution in [3.63, 3.8) is 0 Å². The highest BCUT2D eigenvalue weighted by Gasteiger charge is 2.05. The molecule has 0 saturated heterocycles. The van der Waals surface area contributed by atoms with Crippen LogP contribution in [0, 0.1) is 6.92 Å². The topological polar surface area (TPSA) is 46.0 Å². The van der Waals surface area contributed by atoms with E-state index < -0.39 is 6.10 Å². The molecule has 1 unspecified atom stereocenters. The summed E-state index contributed by atoms with van der Waals surface area (Å²) in [5, 5.41) is 9.98. The number of hydrogen-bond donors (Lipinski definition) is 1. The largest absolute Gasteiger partial charge is 0.387 e. The summed E-state index contributed by atoms with van der Waals surface area (Å²) in [6.45, 7) is 3.60. The molecular weight excluding hydrogens is 172 g/mol. The van der Waals surface area contributed by atoms with Gasteiger partial charge in [-0.05, 0) is 26.2 Å². The molecule has 0 aliphatic carbocycles. The number of thioether (sulfide) groups is 1. The fourth-order valence-corrected chi connectivity index (χ4v) is 1.30. The molecule has 1 rings (SSSR count). The molecule has 66 valence electrons. The van der Waals surface area contributed by atoms with Crippen LogP contribution in [0.2, 0.25) is 0 Å². The molecule has 0 aromatic carbocycles. The minimum absolute atomic E-state index is 0.516. The molecule has 0 spiro atoms. The second kappa shape index (κ2) is 3.87. The molecule has 1 heterocycles. The number of aryl methyl sites for hydroxylation is 1. The van der Waals surface area contributed by atoms with Crippen LogP contribution < -0.4 is 0 Å². The molecule has 0 radical (unpaired) electrons. The van der Waals surface area contributed by atoms with Crippen LogP contribution in [-0.4, -0.2) is 21.3 Å². The summed E-state index contributed by atoms with van der Waals surface area (Å²) in [5.74, 6) is 0. The van der Waals surface area contributed by atoms with E-state index in [0.717, 1.165) is 5.69 Å². The highest BCUT2D eigenvalue weighted by atomic mass is 32.2. The molecule has 4 heteroatoms. The zero-order valence-corrected chi connectivity index (χ0v) is 8.22. The van der Waals surface area contributed by atoms with E-state index in [1.807, 2.05) is 13.2 Å². The maximum absolute atomic E-state index is 9.27. The van der Waals surface area contributed by atoms with Gasteiger partial charge in [-0.1, -0.05) is 11.8 Å². The molecule has 0 fully saturated rings. The Morgan fingerprint density at radius 1 is 1.50 bits per heavy atom. The van der Waals surface area contributed by atoms with Gasteiger partial charge in [0.15, 0.2) is 5.16 Å². The lowest BCUT2D eigenvalue weighted by atomic mass is 10.2. The fraction of sp³-hybridized carbons (Fsp3) is 0.500. The van der Waals surface area contributed by atoms with Crippen molar-refractivity contribution in [3.8, 4) is 0 Å². The van der Waals surface area contributed by atoms with Gasteiger partial charge in [0.05, 0.1) is 11.8 Å². The van der Waals surface area contributed by atoms with Crippen LogP contribution in [0.4, 0.5) is 0 Å². The van der Waals surface area contributed by atoms with E-state index in [-0.39, 0.29) is 0 Å². The normalized spacial score (nSPS) is 13.0. The second-order valence-corrected chi connectivity index (χ2v) is 3.37. The fourth-order valence-electron chi connectivity index (χ4n) is 0.870. The van der Waals surface area contributed by atoms with Gasteiger partial charge < -0.3 is 5.11 Å².